The van der Waals surface area contributed by atoms with Gasteiger partial charge in [0.25, 0.3) is 0 Å². The van der Waals surface area contributed by atoms with Gasteiger partial charge in [-0.2, -0.15) is 0 Å². The van der Waals surface area contributed by atoms with Crippen molar-refractivity contribution in [1.29, 1.82) is 0 Å². The third kappa shape index (κ3) is 6.95. The molecule has 0 aliphatic rings. The minimum absolute atomic E-state index is 0.156. The normalized spacial score (nSPS) is 9.80. The monoisotopic (exact) mass is 345 g/mol. The first-order valence-corrected chi connectivity index (χ1v) is 6.86. The zero-order valence-electron chi connectivity index (χ0n) is 13.2. The number of hydrogen-bond donors (Lipinski definition) is 2. The van der Waals surface area contributed by atoms with Crippen molar-refractivity contribution >= 4 is 18.0 Å². The fourth-order valence-electron chi connectivity index (χ4n) is 1.62. The first-order valence-electron chi connectivity index (χ1n) is 6.86. The van der Waals surface area contributed by atoms with E-state index >= 15 is 0 Å². The van der Waals surface area contributed by atoms with Crippen LogP contribution in [0, 0.1) is 10.1 Å². The minimum atomic E-state index is -1.02. The van der Waals surface area contributed by atoms with Crippen LogP contribution in [0.4, 0.5) is 0 Å². The second-order valence-corrected chi connectivity index (χ2v) is 4.56. The molecule has 8 heteroatoms. The van der Waals surface area contributed by atoms with Gasteiger partial charge >= 0.3 is 11.9 Å². The Balaban J connectivity index is 0.000000257. The molecule has 0 heterocycles. The summed E-state index contributed by atoms with van der Waals surface area (Å²) in [6, 6.07) is 12.0. The Morgan fingerprint density at radius 2 is 1.40 bits per heavy atom. The molecule has 130 valence electrons. The molecule has 0 fully saturated rings. The number of carboxylic acids is 2. The SMILES string of the molecule is COc1ccc(C(=O)O)cc1.O=C(O)c1ccc(/C=C/[N+](=O)[O-])cc1. The fourth-order valence-corrected chi connectivity index (χ4v) is 1.62. The number of aromatic carboxylic acids is 2. The van der Waals surface area contributed by atoms with Gasteiger partial charge in [-0.1, -0.05) is 12.1 Å². The maximum absolute atomic E-state index is 10.5. The van der Waals surface area contributed by atoms with Crippen molar-refractivity contribution in [3.63, 3.8) is 0 Å². The van der Waals surface area contributed by atoms with Crippen LogP contribution in [0.5, 0.6) is 5.75 Å². The van der Waals surface area contributed by atoms with Crippen molar-refractivity contribution < 1.29 is 29.5 Å². The highest BCUT2D eigenvalue weighted by Crippen LogP contribution is 2.10. The van der Waals surface area contributed by atoms with Gasteiger partial charge in [-0.05, 0) is 42.0 Å². The molecule has 0 atom stereocenters. The second-order valence-electron chi connectivity index (χ2n) is 4.56. The molecule has 0 aromatic heterocycles. The number of methoxy groups -OCH3 is 1. The van der Waals surface area contributed by atoms with Crippen molar-refractivity contribution in [2.24, 2.45) is 0 Å². The van der Waals surface area contributed by atoms with E-state index in [1.807, 2.05) is 0 Å². The molecule has 0 unspecified atom stereocenters. The van der Waals surface area contributed by atoms with Gasteiger partial charge < -0.3 is 14.9 Å². The van der Waals surface area contributed by atoms with Gasteiger partial charge in [0.05, 0.1) is 23.2 Å². The van der Waals surface area contributed by atoms with Gasteiger partial charge in [-0.15, -0.1) is 0 Å². The number of nitro groups is 1. The van der Waals surface area contributed by atoms with Crippen molar-refractivity contribution in [3.8, 4) is 5.75 Å². The van der Waals surface area contributed by atoms with E-state index in [-0.39, 0.29) is 11.1 Å². The van der Waals surface area contributed by atoms with E-state index in [2.05, 4.69) is 0 Å². The number of benzene rings is 2. The van der Waals surface area contributed by atoms with Crippen LogP contribution in [0.2, 0.25) is 0 Å². The largest absolute Gasteiger partial charge is 0.497 e. The molecule has 25 heavy (non-hydrogen) atoms. The van der Waals surface area contributed by atoms with E-state index in [0.29, 0.717) is 11.3 Å². The summed E-state index contributed by atoms with van der Waals surface area (Å²) in [6.45, 7) is 0. The summed E-state index contributed by atoms with van der Waals surface area (Å²) >= 11 is 0. The lowest BCUT2D eigenvalue weighted by Gasteiger charge is -1.98. The summed E-state index contributed by atoms with van der Waals surface area (Å²) in [4.78, 5) is 30.2. The summed E-state index contributed by atoms with van der Waals surface area (Å²) in [5.74, 6) is -1.28. The van der Waals surface area contributed by atoms with Crippen LogP contribution in [0.15, 0.2) is 54.7 Å². The summed E-state index contributed by atoms with van der Waals surface area (Å²) in [5, 5.41) is 27.0. The van der Waals surface area contributed by atoms with E-state index in [4.69, 9.17) is 14.9 Å². The Hall–Kier alpha value is -3.68. The molecule has 0 saturated carbocycles. The number of hydrogen-bond acceptors (Lipinski definition) is 5. The Morgan fingerprint density at radius 3 is 1.76 bits per heavy atom. The van der Waals surface area contributed by atoms with Gasteiger partial charge in [0, 0.05) is 6.08 Å². The number of ether oxygens (including phenoxy) is 1. The highest BCUT2D eigenvalue weighted by molar-refractivity contribution is 5.88. The first kappa shape index (κ1) is 19.4. The lowest BCUT2D eigenvalue weighted by molar-refractivity contribution is -0.400. The van der Waals surface area contributed by atoms with E-state index in [1.54, 1.807) is 12.1 Å². The Bertz CT molecular complexity index is 765. The summed E-state index contributed by atoms with van der Waals surface area (Å²) in [5.41, 5.74) is 1.01. The van der Waals surface area contributed by atoms with Crippen LogP contribution in [0.1, 0.15) is 26.3 Å². The van der Waals surface area contributed by atoms with Gasteiger partial charge in [-0.3, -0.25) is 10.1 Å². The Morgan fingerprint density at radius 1 is 0.960 bits per heavy atom. The van der Waals surface area contributed by atoms with Crippen molar-refractivity contribution in [2.75, 3.05) is 7.11 Å². The van der Waals surface area contributed by atoms with Crippen LogP contribution < -0.4 is 4.74 Å². The zero-order chi connectivity index (χ0) is 18.8. The minimum Gasteiger partial charge on any atom is -0.497 e. The predicted octanol–water partition coefficient (Wildman–Crippen LogP) is 3.03. The quantitative estimate of drug-likeness (QED) is 0.630. The Labute approximate surface area is 142 Å². The van der Waals surface area contributed by atoms with Crippen LogP contribution in [0.3, 0.4) is 0 Å². The molecule has 2 N–H and O–H groups in total. The van der Waals surface area contributed by atoms with Crippen LogP contribution in [-0.4, -0.2) is 34.2 Å². The highest BCUT2D eigenvalue weighted by atomic mass is 16.6. The molecule has 2 aromatic carbocycles. The Kier molecular flexibility index (Phi) is 7.33. The van der Waals surface area contributed by atoms with Crippen LogP contribution in [0.25, 0.3) is 6.08 Å². The number of carboxylic acid groups (broad SMARTS) is 2. The third-order valence-electron chi connectivity index (χ3n) is 2.88. The fraction of sp³-hybridized carbons (Fsp3) is 0.0588. The van der Waals surface area contributed by atoms with Gasteiger partial charge in [0.2, 0.25) is 6.20 Å². The summed E-state index contributed by atoms with van der Waals surface area (Å²) in [7, 11) is 1.54. The highest BCUT2D eigenvalue weighted by Gasteiger charge is 2.01. The maximum Gasteiger partial charge on any atom is 0.335 e. The topological polar surface area (TPSA) is 127 Å². The number of rotatable bonds is 5. The number of nitrogens with zero attached hydrogens (tertiary/aromatic N) is 1. The lowest BCUT2D eigenvalue weighted by atomic mass is 10.1. The molecule has 0 spiro atoms. The lowest BCUT2D eigenvalue weighted by Crippen LogP contribution is -1.95. The molecular weight excluding hydrogens is 330 g/mol. The van der Waals surface area contributed by atoms with Crippen molar-refractivity contribution in [2.45, 2.75) is 0 Å². The van der Waals surface area contributed by atoms with Gasteiger partial charge in [0.1, 0.15) is 5.75 Å². The maximum atomic E-state index is 10.5. The molecule has 2 aromatic rings. The van der Waals surface area contributed by atoms with E-state index in [0.717, 1.165) is 6.20 Å². The van der Waals surface area contributed by atoms with E-state index in [1.165, 1.54) is 49.6 Å². The summed E-state index contributed by atoms with van der Waals surface area (Å²) < 4.78 is 4.86. The molecule has 0 amide bonds. The molecule has 0 saturated heterocycles. The molecule has 0 aliphatic heterocycles. The molecule has 0 bridgehead atoms. The van der Waals surface area contributed by atoms with Crippen LogP contribution in [-0.2, 0) is 0 Å². The number of carbonyl (C=O) groups is 2. The standard InChI is InChI=1S/C9H7NO4.C8H8O3/c11-9(12)8-3-1-7(2-4-8)5-6-10(13)14;1-11-7-4-2-6(3-5-7)8(9)10/h1-6H,(H,11,12);2-5H,1H3,(H,9,10)/b6-5+;. The van der Waals surface area contributed by atoms with E-state index in [9.17, 15) is 19.7 Å². The molecule has 8 nitrogen and oxygen atoms in total. The first-order chi connectivity index (χ1) is 11.8. The smallest absolute Gasteiger partial charge is 0.335 e. The molecule has 2 rings (SSSR count). The third-order valence-corrected chi connectivity index (χ3v) is 2.88. The molecule has 0 aliphatic carbocycles. The van der Waals surface area contributed by atoms with Crippen molar-refractivity contribution in [1.82, 2.24) is 0 Å². The van der Waals surface area contributed by atoms with Gasteiger partial charge in [0.15, 0.2) is 0 Å². The average Bonchev–Trinajstić information content (AvgIpc) is 2.60. The van der Waals surface area contributed by atoms with Crippen LogP contribution >= 0.6 is 0 Å². The molecule has 0 radical (unpaired) electrons. The summed E-state index contributed by atoms with van der Waals surface area (Å²) in [6.07, 6.45) is 2.10. The van der Waals surface area contributed by atoms with Crippen molar-refractivity contribution in [3.05, 3.63) is 81.5 Å². The average molecular weight is 345 g/mol. The molecular formula is C17H15NO7. The zero-order valence-corrected chi connectivity index (χ0v) is 13.2. The van der Waals surface area contributed by atoms with E-state index < -0.39 is 16.9 Å². The van der Waals surface area contributed by atoms with Gasteiger partial charge in [-0.25, -0.2) is 9.59 Å². The second kappa shape index (κ2) is 9.46. The predicted molar refractivity (Wildman–Crippen MR) is 89.4 cm³/mol.